The average molecular weight is 280 g/mol. The molecule has 18 heavy (non-hydrogen) atoms. The van der Waals surface area contributed by atoms with Gasteiger partial charge in [-0.2, -0.15) is 0 Å². The maximum Gasteiger partial charge on any atom is 0.277 e. The monoisotopic (exact) mass is 280 g/mol. The van der Waals surface area contributed by atoms with Gasteiger partial charge in [0, 0.05) is 16.8 Å². The van der Waals surface area contributed by atoms with E-state index in [-0.39, 0.29) is 0 Å². The van der Waals surface area contributed by atoms with Crippen LogP contribution in [0.5, 0.6) is 0 Å². The fraction of sp³-hybridized carbons (Fsp3) is 0.364. The molecule has 0 fully saturated rings. The molecule has 0 unspecified atom stereocenters. The largest absolute Gasteiger partial charge is 0.410 e. The smallest absolute Gasteiger partial charge is 0.277 e. The third-order valence-electron chi connectivity index (χ3n) is 2.38. The summed E-state index contributed by atoms with van der Waals surface area (Å²) >= 11 is 3.15. The second kappa shape index (κ2) is 4.40. The Bertz CT molecular complexity index is 682. The summed E-state index contributed by atoms with van der Waals surface area (Å²) in [4.78, 5) is 5.41. The average Bonchev–Trinajstić information content (AvgIpc) is 2.93. The minimum Gasteiger partial charge on any atom is -0.410 e. The summed E-state index contributed by atoms with van der Waals surface area (Å²) < 4.78 is 7.67. The van der Waals surface area contributed by atoms with Gasteiger partial charge in [0.15, 0.2) is 4.96 Å². The molecule has 0 aliphatic heterocycles. The van der Waals surface area contributed by atoms with E-state index in [2.05, 4.69) is 29.0 Å². The molecule has 0 saturated carbocycles. The molecule has 5 nitrogen and oxygen atoms in total. The molecular formula is C11H12N4OS2. The maximum absolute atomic E-state index is 5.68. The van der Waals surface area contributed by atoms with E-state index in [1.54, 1.807) is 23.1 Å². The van der Waals surface area contributed by atoms with E-state index < -0.39 is 0 Å². The highest BCUT2D eigenvalue weighted by Crippen LogP contribution is 2.29. The molecule has 0 atom stereocenters. The SMILES string of the molecule is Cc1nc2sccn2c1-c1nnc(SC(C)C)o1. The van der Waals surface area contributed by atoms with Crippen LogP contribution in [0.4, 0.5) is 0 Å². The van der Waals surface area contributed by atoms with Crippen LogP contribution in [0.3, 0.4) is 0 Å². The lowest BCUT2D eigenvalue weighted by atomic mass is 10.3. The van der Waals surface area contributed by atoms with Gasteiger partial charge in [0.1, 0.15) is 5.69 Å². The van der Waals surface area contributed by atoms with Crippen LogP contribution in [0, 0.1) is 6.92 Å². The molecule has 3 heterocycles. The lowest BCUT2D eigenvalue weighted by Gasteiger charge is -1.97. The summed E-state index contributed by atoms with van der Waals surface area (Å²) in [6.45, 7) is 6.14. The third-order valence-corrected chi connectivity index (χ3v) is 3.98. The highest BCUT2D eigenvalue weighted by atomic mass is 32.2. The van der Waals surface area contributed by atoms with Crippen molar-refractivity contribution in [2.24, 2.45) is 0 Å². The van der Waals surface area contributed by atoms with Crippen molar-refractivity contribution in [3.63, 3.8) is 0 Å². The lowest BCUT2D eigenvalue weighted by Crippen LogP contribution is -1.86. The number of hydrogen-bond acceptors (Lipinski definition) is 6. The van der Waals surface area contributed by atoms with Crippen molar-refractivity contribution < 1.29 is 4.42 Å². The Morgan fingerprint density at radius 1 is 1.39 bits per heavy atom. The van der Waals surface area contributed by atoms with E-state index in [1.807, 2.05) is 22.9 Å². The van der Waals surface area contributed by atoms with Gasteiger partial charge in [-0.05, 0) is 6.92 Å². The van der Waals surface area contributed by atoms with Crippen molar-refractivity contribution in [2.45, 2.75) is 31.2 Å². The Hall–Kier alpha value is -1.34. The first-order chi connectivity index (χ1) is 8.65. The van der Waals surface area contributed by atoms with Gasteiger partial charge in [-0.3, -0.25) is 4.40 Å². The number of thioether (sulfide) groups is 1. The first-order valence-corrected chi connectivity index (χ1v) is 7.34. The highest BCUT2D eigenvalue weighted by molar-refractivity contribution is 7.99. The summed E-state index contributed by atoms with van der Waals surface area (Å²) in [5, 5.41) is 11.2. The van der Waals surface area contributed by atoms with Crippen molar-refractivity contribution >= 4 is 28.1 Å². The molecule has 0 aliphatic carbocycles. The van der Waals surface area contributed by atoms with Gasteiger partial charge < -0.3 is 4.42 Å². The predicted octanol–water partition coefficient (Wildman–Crippen LogP) is 3.25. The second-order valence-electron chi connectivity index (χ2n) is 4.14. The molecule has 0 saturated heterocycles. The normalized spacial score (nSPS) is 11.8. The van der Waals surface area contributed by atoms with Gasteiger partial charge in [0.25, 0.3) is 11.1 Å². The zero-order valence-electron chi connectivity index (χ0n) is 10.2. The van der Waals surface area contributed by atoms with Crippen molar-refractivity contribution in [2.75, 3.05) is 0 Å². The maximum atomic E-state index is 5.68. The lowest BCUT2D eigenvalue weighted by molar-refractivity contribution is 0.463. The number of fused-ring (bicyclic) bond motifs is 1. The summed E-state index contributed by atoms with van der Waals surface area (Å²) in [6.07, 6.45) is 1.97. The van der Waals surface area contributed by atoms with Gasteiger partial charge in [0.05, 0.1) is 5.69 Å². The quantitative estimate of drug-likeness (QED) is 0.689. The van der Waals surface area contributed by atoms with E-state index >= 15 is 0 Å². The van der Waals surface area contributed by atoms with Crippen molar-refractivity contribution in [3.05, 3.63) is 17.3 Å². The fourth-order valence-corrected chi connectivity index (χ4v) is 3.08. The van der Waals surface area contributed by atoms with Crippen LogP contribution in [0.1, 0.15) is 19.5 Å². The van der Waals surface area contributed by atoms with Crippen LogP contribution < -0.4 is 0 Å². The molecule has 7 heteroatoms. The van der Waals surface area contributed by atoms with Crippen LogP contribution in [0.15, 0.2) is 21.2 Å². The Balaban J connectivity index is 2.06. The molecule has 0 N–H and O–H groups in total. The van der Waals surface area contributed by atoms with Crippen LogP contribution in [0.25, 0.3) is 16.5 Å². The number of hydrogen-bond donors (Lipinski definition) is 0. The van der Waals surface area contributed by atoms with Gasteiger partial charge in [-0.25, -0.2) is 4.98 Å². The summed E-state index contributed by atoms with van der Waals surface area (Å²) in [6, 6.07) is 0. The number of imidazole rings is 1. The van der Waals surface area contributed by atoms with E-state index in [0.717, 1.165) is 16.3 Å². The molecule has 0 radical (unpaired) electrons. The van der Waals surface area contributed by atoms with E-state index in [4.69, 9.17) is 4.42 Å². The summed E-state index contributed by atoms with van der Waals surface area (Å²) in [5.41, 5.74) is 1.79. The van der Waals surface area contributed by atoms with Crippen LogP contribution >= 0.6 is 23.1 Å². The zero-order valence-corrected chi connectivity index (χ0v) is 11.9. The van der Waals surface area contributed by atoms with Crippen LogP contribution in [0.2, 0.25) is 0 Å². The predicted molar refractivity (Wildman–Crippen MR) is 72.1 cm³/mol. The summed E-state index contributed by atoms with van der Waals surface area (Å²) in [5.74, 6) is 0.529. The molecule has 0 spiro atoms. The zero-order chi connectivity index (χ0) is 12.7. The Labute approximate surface area is 112 Å². The number of aromatic nitrogens is 4. The molecule has 3 rings (SSSR count). The number of nitrogens with zero attached hydrogens (tertiary/aromatic N) is 4. The number of aryl methyl sites for hydroxylation is 1. The minimum absolute atomic E-state index is 0.422. The molecule has 0 amide bonds. The van der Waals surface area contributed by atoms with E-state index in [0.29, 0.717) is 16.4 Å². The minimum atomic E-state index is 0.422. The molecule has 0 aliphatic rings. The van der Waals surface area contributed by atoms with Gasteiger partial charge in [0.2, 0.25) is 0 Å². The Morgan fingerprint density at radius 2 is 2.22 bits per heavy atom. The molecule has 94 valence electrons. The highest BCUT2D eigenvalue weighted by Gasteiger charge is 2.18. The molecule has 3 aromatic heterocycles. The van der Waals surface area contributed by atoms with Gasteiger partial charge in [-0.15, -0.1) is 21.5 Å². The van der Waals surface area contributed by atoms with Crippen molar-refractivity contribution in [1.82, 2.24) is 19.6 Å². The first-order valence-electron chi connectivity index (χ1n) is 5.58. The van der Waals surface area contributed by atoms with E-state index in [9.17, 15) is 0 Å². The Morgan fingerprint density at radius 3 is 3.00 bits per heavy atom. The fourth-order valence-electron chi connectivity index (χ4n) is 1.71. The standard InChI is InChI=1S/C11H12N4OS2/c1-6(2)18-11-14-13-9(16-11)8-7(3)12-10-15(8)4-5-17-10/h4-6H,1-3H3. The summed E-state index contributed by atoms with van der Waals surface area (Å²) in [7, 11) is 0. The van der Waals surface area contributed by atoms with Gasteiger partial charge >= 0.3 is 0 Å². The second-order valence-corrected chi connectivity index (χ2v) is 6.54. The van der Waals surface area contributed by atoms with Crippen molar-refractivity contribution in [3.8, 4) is 11.6 Å². The number of thiazole rings is 1. The third kappa shape index (κ3) is 1.93. The first kappa shape index (κ1) is 11.7. The molecule has 0 bridgehead atoms. The van der Waals surface area contributed by atoms with Crippen LogP contribution in [-0.2, 0) is 0 Å². The van der Waals surface area contributed by atoms with Gasteiger partial charge in [-0.1, -0.05) is 25.6 Å². The Kier molecular flexibility index (Phi) is 2.87. The van der Waals surface area contributed by atoms with Crippen LogP contribution in [-0.4, -0.2) is 24.8 Å². The van der Waals surface area contributed by atoms with Crippen molar-refractivity contribution in [1.29, 1.82) is 0 Å². The van der Waals surface area contributed by atoms with E-state index in [1.165, 1.54) is 0 Å². The topological polar surface area (TPSA) is 56.2 Å². The number of rotatable bonds is 3. The molecule has 3 aromatic rings. The molecular weight excluding hydrogens is 268 g/mol. The molecule has 0 aromatic carbocycles.